The molecule has 0 atom stereocenters. The van der Waals surface area contributed by atoms with Crippen molar-refractivity contribution in [2.75, 3.05) is 5.33 Å². The number of ketones is 1. The molecule has 1 aromatic rings. The van der Waals surface area contributed by atoms with Gasteiger partial charge in [0, 0.05) is 10.6 Å². The topological polar surface area (TPSA) is 17.1 Å². The first-order chi connectivity index (χ1) is 5.65. The lowest BCUT2D eigenvalue weighted by molar-refractivity contribution is 0.102. The van der Waals surface area contributed by atoms with Crippen LogP contribution in [0.15, 0.2) is 18.2 Å². The zero-order chi connectivity index (χ0) is 9.14. The van der Waals surface area contributed by atoms with Gasteiger partial charge in [0.25, 0.3) is 0 Å². The van der Waals surface area contributed by atoms with Crippen molar-refractivity contribution < 1.29 is 4.79 Å². The fourth-order valence-electron chi connectivity index (χ4n) is 1.01. The first-order valence-electron chi connectivity index (χ1n) is 3.50. The number of Topliss-reactive ketones (excluding diaryl/α,β-unsaturated/α-hetero) is 1. The molecule has 1 nitrogen and oxygen atoms in total. The summed E-state index contributed by atoms with van der Waals surface area (Å²) < 4.78 is 0. The Bertz CT molecular complexity index is 309. The van der Waals surface area contributed by atoms with E-state index < -0.39 is 0 Å². The van der Waals surface area contributed by atoms with E-state index >= 15 is 0 Å². The van der Waals surface area contributed by atoms with Gasteiger partial charge in [0.05, 0.1) is 5.33 Å². The lowest BCUT2D eigenvalue weighted by Crippen LogP contribution is -2.01. The third-order valence-electron chi connectivity index (χ3n) is 1.61. The quantitative estimate of drug-likeness (QED) is 0.579. The zero-order valence-electron chi connectivity index (χ0n) is 6.60. The number of hydrogen-bond acceptors (Lipinski definition) is 1. The fourth-order valence-corrected chi connectivity index (χ4v) is 1.54. The van der Waals surface area contributed by atoms with Crippen molar-refractivity contribution in [2.24, 2.45) is 0 Å². The molecule has 12 heavy (non-hydrogen) atoms. The minimum atomic E-state index is 0.0872. The van der Waals surface area contributed by atoms with Gasteiger partial charge in [-0.25, -0.2) is 0 Å². The summed E-state index contributed by atoms with van der Waals surface area (Å²) in [6.45, 7) is 1.88. The minimum absolute atomic E-state index is 0.0872. The Kier molecular flexibility index (Phi) is 3.29. The molecule has 0 fully saturated rings. The van der Waals surface area contributed by atoms with E-state index in [-0.39, 0.29) is 5.78 Å². The molecule has 0 radical (unpaired) electrons. The molecule has 0 spiro atoms. The normalized spacial score (nSPS) is 9.92. The van der Waals surface area contributed by atoms with Crippen molar-refractivity contribution in [2.45, 2.75) is 6.92 Å². The molecule has 0 aliphatic carbocycles. The van der Waals surface area contributed by atoms with Crippen LogP contribution in [0.25, 0.3) is 0 Å². The van der Waals surface area contributed by atoms with Crippen LogP contribution in [0.5, 0.6) is 0 Å². The largest absolute Gasteiger partial charge is 0.293 e. The molecule has 0 unspecified atom stereocenters. The van der Waals surface area contributed by atoms with Gasteiger partial charge in [-0.15, -0.1) is 0 Å². The van der Waals surface area contributed by atoms with E-state index in [1.54, 1.807) is 18.2 Å². The van der Waals surface area contributed by atoms with Crippen LogP contribution in [0, 0.1) is 6.92 Å². The molecular weight excluding hydrogens is 239 g/mol. The van der Waals surface area contributed by atoms with Gasteiger partial charge in [0.2, 0.25) is 0 Å². The van der Waals surface area contributed by atoms with Crippen LogP contribution in [0.4, 0.5) is 0 Å². The highest BCUT2D eigenvalue weighted by Gasteiger charge is 2.06. The molecule has 0 saturated carbocycles. The molecule has 0 N–H and O–H groups in total. The highest BCUT2D eigenvalue weighted by molar-refractivity contribution is 9.09. The standard InChI is InChI=1S/C9H8BrClO/c1-6-4-7(11)2-3-8(6)9(12)5-10/h2-4H,5H2,1H3. The summed E-state index contributed by atoms with van der Waals surface area (Å²) in [4.78, 5) is 11.3. The number of aryl methyl sites for hydroxylation is 1. The zero-order valence-corrected chi connectivity index (χ0v) is 8.95. The van der Waals surface area contributed by atoms with E-state index in [0.29, 0.717) is 10.4 Å². The summed E-state index contributed by atoms with van der Waals surface area (Å²) in [5, 5.41) is 1.02. The summed E-state index contributed by atoms with van der Waals surface area (Å²) in [5.41, 5.74) is 1.66. The van der Waals surface area contributed by atoms with Crippen LogP contribution in [0.2, 0.25) is 5.02 Å². The molecule has 3 heteroatoms. The summed E-state index contributed by atoms with van der Waals surface area (Å²) in [7, 11) is 0. The Hall–Kier alpha value is -0.340. The number of hydrogen-bond donors (Lipinski definition) is 0. The first-order valence-corrected chi connectivity index (χ1v) is 5.00. The first kappa shape index (κ1) is 9.75. The predicted octanol–water partition coefficient (Wildman–Crippen LogP) is 3.23. The lowest BCUT2D eigenvalue weighted by Gasteiger charge is -2.01. The molecule has 0 saturated heterocycles. The number of halogens is 2. The summed E-state index contributed by atoms with van der Waals surface area (Å²) in [5.74, 6) is 0.0872. The Balaban J connectivity index is 3.09. The minimum Gasteiger partial charge on any atom is -0.293 e. The second-order valence-electron chi connectivity index (χ2n) is 2.52. The van der Waals surface area contributed by atoms with Crippen LogP contribution in [0.3, 0.4) is 0 Å². The van der Waals surface area contributed by atoms with E-state index in [2.05, 4.69) is 15.9 Å². The maximum Gasteiger partial charge on any atom is 0.173 e. The molecule has 0 heterocycles. The number of carbonyl (C=O) groups excluding carboxylic acids is 1. The van der Waals surface area contributed by atoms with Crippen LogP contribution in [-0.2, 0) is 0 Å². The number of alkyl halides is 1. The van der Waals surface area contributed by atoms with Crippen LogP contribution >= 0.6 is 27.5 Å². The fraction of sp³-hybridized carbons (Fsp3) is 0.222. The Morgan fingerprint density at radius 1 is 1.58 bits per heavy atom. The Morgan fingerprint density at radius 2 is 2.25 bits per heavy atom. The van der Waals surface area contributed by atoms with E-state index in [1.165, 1.54) is 0 Å². The van der Waals surface area contributed by atoms with Crippen LogP contribution in [-0.4, -0.2) is 11.1 Å². The van der Waals surface area contributed by atoms with Crippen molar-refractivity contribution in [1.82, 2.24) is 0 Å². The average Bonchev–Trinajstić information content (AvgIpc) is 2.03. The van der Waals surface area contributed by atoms with E-state index in [1.807, 2.05) is 6.92 Å². The number of carbonyl (C=O) groups is 1. The smallest absolute Gasteiger partial charge is 0.173 e. The molecule has 0 aliphatic rings. The number of benzene rings is 1. The van der Waals surface area contributed by atoms with E-state index in [0.717, 1.165) is 11.1 Å². The monoisotopic (exact) mass is 246 g/mol. The van der Waals surface area contributed by atoms with E-state index in [9.17, 15) is 4.79 Å². The maximum absolute atomic E-state index is 11.3. The highest BCUT2D eigenvalue weighted by Crippen LogP contribution is 2.16. The van der Waals surface area contributed by atoms with Gasteiger partial charge in [-0.3, -0.25) is 4.79 Å². The molecule has 1 rings (SSSR count). The van der Waals surface area contributed by atoms with Gasteiger partial charge < -0.3 is 0 Å². The predicted molar refractivity (Wildman–Crippen MR) is 54.3 cm³/mol. The highest BCUT2D eigenvalue weighted by atomic mass is 79.9. The molecule has 0 amide bonds. The Morgan fingerprint density at radius 3 is 2.75 bits per heavy atom. The molecule has 0 aromatic heterocycles. The molecular formula is C9H8BrClO. The van der Waals surface area contributed by atoms with Crippen molar-refractivity contribution in [3.05, 3.63) is 34.3 Å². The molecule has 0 aliphatic heterocycles. The third-order valence-corrected chi connectivity index (χ3v) is 2.35. The van der Waals surface area contributed by atoms with Gasteiger partial charge in [0.1, 0.15) is 0 Å². The van der Waals surface area contributed by atoms with Gasteiger partial charge in [-0.05, 0) is 30.7 Å². The van der Waals surface area contributed by atoms with Gasteiger partial charge in [0.15, 0.2) is 5.78 Å². The van der Waals surface area contributed by atoms with E-state index in [4.69, 9.17) is 11.6 Å². The van der Waals surface area contributed by atoms with Crippen molar-refractivity contribution in [3.63, 3.8) is 0 Å². The second-order valence-corrected chi connectivity index (χ2v) is 3.51. The molecule has 0 bridgehead atoms. The lowest BCUT2D eigenvalue weighted by atomic mass is 10.1. The van der Waals surface area contributed by atoms with Gasteiger partial charge in [-0.2, -0.15) is 0 Å². The van der Waals surface area contributed by atoms with Gasteiger partial charge >= 0.3 is 0 Å². The SMILES string of the molecule is Cc1cc(Cl)ccc1C(=O)CBr. The van der Waals surface area contributed by atoms with Crippen molar-refractivity contribution in [1.29, 1.82) is 0 Å². The summed E-state index contributed by atoms with van der Waals surface area (Å²) in [6, 6.07) is 5.27. The van der Waals surface area contributed by atoms with Crippen LogP contribution < -0.4 is 0 Å². The summed E-state index contributed by atoms with van der Waals surface area (Å²) in [6.07, 6.45) is 0. The Labute approximate surface area is 84.9 Å². The molecule has 64 valence electrons. The van der Waals surface area contributed by atoms with Gasteiger partial charge in [-0.1, -0.05) is 27.5 Å². The van der Waals surface area contributed by atoms with Crippen LogP contribution in [0.1, 0.15) is 15.9 Å². The average molecular weight is 248 g/mol. The summed E-state index contributed by atoms with van der Waals surface area (Å²) >= 11 is 8.86. The maximum atomic E-state index is 11.3. The van der Waals surface area contributed by atoms with Crippen molar-refractivity contribution in [3.8, 4) is 0 Å². The third kappa shape index (κ3) is 2.08. The molecule has 1 aromatic carbocycles. The second kappa shape index (κ2) is 4.06. The number of rotatable bonds is 2. The van der Waals surface area contributed by atoms with Crippen molar-refractivity contribution >= 4 is 33.3 Å².